The van der Waals surface area contributed by atoms with E-state index in [0.717, 1.165) is 5.56 Å². The maximum Gasteiger partial charge on any atom is 0.573 e. The Labute approximate surface area is 160 Å². The Morgan fingerprint density at radius 2 is 1.43 bits per heavy atom. The third-order valence-corrected chi connectivity index (χ3v) is 5.25. The molecule has 0 aliphatic heterocycles. The first-order valence-electron chi connectivity index (χ1n) is 8.18. The summed E-state index contributed by atoms with van der Waals surface area (Å²) in [5.41, 5.74) is 2.68. The van der Waals surface area contributed by atoms with E-state index in [4.69, 9.17) is 0 Å². The number of sulfonamides is 1. The molecule has 0 unspecified atom stereocenters. The van der Waals surface area contributed by atoms with Gasteiger partial charge in [-0.15, -0.1) is 13.2 Å². The number of rotatable bonds is 5. The fraction of sp³-hybridized carbons (Fsp3) is 0.100. The molecule has 0 saturated carbocycles. The molecule has 3 aromatic carbocycles. The molecule has 146 valence electrons. The summed E-state index contributed by atoms with van der Waals surface area (Å²) < 4.78 is 68.0. The van der Waals surface area contributed by atoms with Crippen LogP contribution in [0.15, 0.2) is 77.7 Å². The largest absolute Gasteiger partial charge is 0.573 e. The van der Waals surface area contributed by atoms with Gasteiger partial charge in [0.05, 0.1) is 4.90 Å². The van der Waals surface area contributed by atoms with E-state index in [2.05, 4.69) is 9.46 Å². The van der Waals surface area contributed by atoms with E-state index in [1.807, 2.05) is 13.0 Å². The van der Waals surface area contributed by atoms with Gasteiger partial charge in [-0.1, -0.05) is 36.4 Å². The highest BCUT2D eigenvalue weighted by Gasteiger charge is 2.30. The third-order valence-electron chi connectivity index (χ3n) is 3.86. The standard InChI is InChI=1S/C20H16F3NO3S/c1-14-3-2-4-17(13-14)24-28(25,26)19-11-7-16(8-12-19)15-5-9-18(10-6-15)27-20(21,22)23/h2-13,24H,1H3. The molecule has 8 heteroatoms. The van der Waals surface area contributed by atoms with E-state index >= 15 is 0 Å². The van der Waals surface area contributed by atoms with E-state index < -0.39 is 16.4 Å². The lowest BCUT2D eigenvalue weighted by molar-refractivity contribution is -0.274. The summed E-state index contributed by atoms with van der Waals surface area (Å²) in [5.74, 6) is -0.321. The number of alkyl halides is 3. The highest BCUT2D eigenvalue weighted by Crippen LogP contribution is 2.27. The predicted octanol–water partition coefficient (Wildman–Crippen LogP) is 5.36. The van der Waals surface area contributed by atoms with Gasteiger partial charge in [-0.25, -0.2) is 8.42 Å². The highest BCUT2D eigenvalue weighted by atomic mass is 32.2. The SMILES string of the molecule is Cc1cccc(NS(=O)(=O)c2ccc(-c3ccc(OC(F)(F)F)cc3)cc2)c1. The number of aryl methyl sites for hydroxylation is 1. The Morgan fingerprint density at radius 1 is 0.857 bits per heavy atom. The van der Waals surface area contributed by atoms with E-state index in [-0.39, 0.29) is 10.6 Å². The summed E-state index contributed by atoms with van der Waals surface area (Å²) in [5, 5.41) is 0. The van der Waals surface area contributed by atoms with Crippen molar-refractivity contribution in [3.63, 3.8) is 0 Å². The van der Waals surface area contributed by atoms with Crippen molar-refractivity contribution in [1.29, 1.82) is 0 Å². The molecule has 28 heavy (non-hydrogen) atoms. The minimum absolute atomic E-state index is 0.0785. The molecule has 0 aliphatic rings. The van der Waals surface area contributed by atoms with Crippen molar-refractivity contribution < 1.29 is 26.3 Å². The Kier molecular flexibility index (Phi) is 5.33. The van der Waals surface area contributed by atoms with Gasteiger partial charge in [0, 0.05) is 5.69 Å². The summed E-state index contributed by atoms with van der Waals surface area (Å²) >= 11 is 0. The third kappa shape index (κ3) is 5.04. The second kappa shape index (κ2) is 7.55. The molecular formula is C20H16F3NO3S. The minimum Gasteiger partial charge on any atom is -0.406 e. The molecule has 0 radical (unpaired) electrons. The van der Waals surface area contributed by atoms with Crippen molar-refractivity contribution in [2.24, 2.45) is 0 Å². The zero-order chi connectivity index (χ0) is 20.4. The van der Waals surface area contributed by atoms with Crippen LogP contribution in [0.3, 0.4) is 0 Å². The van der Waals surface area contributed by atoms with E-state index in [1.165, 1.54) is 36.4 Å². The molecule has 4 nitrogen and oxygen atoms in total. The van der Waals surface area contributed by atoms with Gasteiger partial charge >= 0.3 is 6.36 Å². The molecule has 3 aromatic rings. The molecule has 0 amide bonds. The first kappa shape index (κ1) is 19.8. The predicted molar refractivity (Wildman–Crippen MR) is 101 cm³/mol. The monoisotopic (exact) mass is 407 g/mol. The molecular weight excluding hydrogens is 391 g/mol. The molecule has 0 aliphatic carbocycles. The fourth-order valence-electron chi connectivity index (χ4n) is 2.60. The van der Waals surface area contributed by atoms with E-state index in [9.17, 15) is 21.6 Å². The van der Waals surface area contributed by atoms with Gasteiger partial charge in [0.1, 0.15) is 5.75 Å². The van der Waals surface area contributed by atoms with Crippen LogP contribution < -0.4 is 9.46 Å². The summed E-state index contributed by atoms with van der Waals surface area (Å²) in [7, 11) is -3.75. The first-order chi connectivity index (χ1) is 13.1. The van der Waals surface area contributed by atoms with Gasteiger partial charge in [-0.05, 0) is 60.0 Å². The average molecular weight is 407 g/mol. The number of hydrogen-bond donors (Lipinski definition) is 1. The zero-order valence-corrected chi connectivity index (χ0v) is 15.5. The van der Waals surface area contributed by atoms with Gasteiger partial charge < -0.3 is 4.74 Å². The highest BCUT2D eigenvalue weighted by molar-refractivity contribution is 7.92. The maximum absolute atomic E-state index is 12.5. The van der Waals surface area contributed by atoms with Gasteiger partial charge in [-0.2, -0.15) is 0 Å². The molecule has 0 aromatic heterocycles. The van der Waals surface area contributed by atoms with Crippen LogP contribution in [0.2, 0.25) is 0 Å². The van der Waals surface area contributed by atoms with Crippen molar-refractivity contribution in [2.75, 3.05) is 4.72 Å². The average Bonchev–Trinajstić information content (AvgIpc) is 2.61. The van der Waals surface area contributed by atoms with Crippen LogP contribution in [0.1, 0.15) is 5.56 Å². The van der Waals surface area contributed by atoms with Crippen LogP contribution in [0.25, 0.3) is 11.1 Å². The number of halogens is 3. The van der Waals surface area contributed by atoms with E-state index in [1.54, 1.807) is 30.3 Å². The Hall–Kier alpha value is -3.00. The molecule has 0 heterocycles. The Balaban J connectivity index is 1.77. The lowest BCUT2D eigenvalue weighted by atomic mass is 10.1. The fourth-order valence-corrected chi connectivity index (χ4v) is 3.65. The molecule has 0 saturated heterocycles. The Bertz CT molecular complexity index is 1060. The number of nitrogens with one attached hydrogen (secondary N) is 1. The summed E-state index contributed by atoms with van der Waals surface area (Å²) in [6, 6.07) is 18.4. The van der Waals surface area contributed by atoms with Crippen LogP contribution >= 0.6 is 0 Å². The van der Waals surface area contributed by atoms with Crippen LogP contribution in [0.4, 0.5) is 18.9 Å². The second-order valence-electron chi connectivity index (χ2n) is 6.07. The maximum atomic E-state index is 12.5. The first-order valence-corrected chi connectivity index (χ1v) is 9.66. The van der Waals surface area contributed by atoms with Crippen molar-refractivity contribution in [3.8, 4) is 16.9 Å². The number of anilines is 1. The van der Waals surface area contributed by atoms with Crippen LogP contribution in [-0.2, 0) is 10.0 Å². The topological polar surface area (TPSA) is 55.4 Å². The van der Waals surface area contributed by atoms with Crippen molar-refractivity contribution in [2.45, 2.75) is 18.2 Å². The molecule has 1 N–H and O–H groups in total. The van der Waals surface area contributed by atoms with Crippen molar-refractivity contribution in [1.82, 2.24) is 0 Å². The zero-order valence-electron chi connectivity index (χ0n) is 14.7. The number of ether oxygens (including phenoxy) is 1. The quantitative estimate of drug-likeness (QED) is 0.619. The van der Waals surface area contributed by atoms with Crippen LogP contribution in [0.5, 0.6) is 5.75 Å². The summed E-state index contributed by atoms with van der Waals surface area (Å²) in [6.07, 6.45) is -4.75. The van der Waals surface area contributed by atoms with Gasteiger partial charge in [0.15, 0.2) is 0 Å². The second-order valence-corrected chi connectivity index (χ2v) is 7.75. The van der Waals surface area contributed by atoms with Crippen molar-refractivity contribution in [3.05, 3.63) is 78.4 Å². The molecule has 0 atom stereocenters. The molecule has 0 spiro atoms. The van der Waals surface area contributed by atoms with Crippen molar-refractivity contribution >= 4 is 15.7 Å². The molecule has 0 bridgehead atoms. The van der Waals surface area contributed by atoms with Crippen LogP contribution in [-0.4, -0.2) is 14.8 Å². The number of benzene rings is 3. The van der Waals surface area contributed by atoms with Gasteiger partial charge in [0.25, 0.3) is 10.0 Å². The van der Waals surface area contributed by atoms with Crippen LogP contribution in [0, 0.1) is 6.92 Å². The van der Waals surface area contributed by atoms with Gasteiger partial charge in [0.2, 0.25) is 0 Å². The Morgan fingerprint density at radius 3 is 1.96 bits per heavy atom. The van der Waals surface area contributed by atoms with Gasteiger partial charge in [-0.3, -0.25) is 4.72 Å². The number of hydrogen-bond acceptors (Lipinski definition) is 3. The lowest BCUT2D eigenvalue weighted by Crippen LogP contribution is -2.16. The summed E-state index contributed by atoms with van der Waals surface area (Å²) in [6.45, 7) is 1.86. The molecule has 0 fully saturated rings. The normalized spacial score (nSPS) is 11.9. The summed E-state index contributed by atoms with van der Waals surface area (Å²) in [4.78, 5) is 0.0785. The molecule has 3 rings (SSSR count). The lowest BCUT2D eigenvalue weighted by Gasteiger charge is -2.11. The van der Waals surface area contributed by atoms with E-state index in [0.29, 0.717) is 16.8 Å². The minimum atomic E-state index is -4.75. The smallest absolute Gasteiger partial charge is 0.406 e.